The molecule has 0 aromatic carbocycles. The molecule has 0 aliphatic carbocycles. The number of amides is 2. The number of ether oxygens (including phenoxy) is 1. The van der Waals surface area contributed by atoms with E-state index < -0.39 is 12.1 Å². The third-order valence-electron chi connectivity index (χ3n) is 2.83. The number of nitrogens with zero attached hydrogens (tertiary/aromatic N) is 1. The lowest BCUT2D eigenvalue weighted by atomic mass is 10.2. The molecule has 0 saturated carbocycles. The molecule has 1 aliphatic rings. The number of nitrogens with two attached hydrogens (primary N) is 1. The van der Waals surface area contributed by atoms with Gasteiger partial charge in [-0.25, -0.2) is 0 Å². The Kier molecular flexibility index (Phi) is 5.37. The topological polar surface area (TPSA) is 84.7 Å². The van der Waals surface area contributed by atoms with Gasteiger partial charge in [-0.1, -0.05) is 6.92 Å². The summed E-state index contributed by atoms with van der Waals surface area (Å²) in [6.07, 6.45) is 0.560. The van der Waals surface area contributed by atoms with Crippen LogP contribution in [0.25, 0.3) is 0 Å². The van der Waals surface area contributed by atoms with Gasteiger partial charge >= 0.3 is 0 Å². The van der Waals surface area contributed by atoms with Gasteiger partial charge in [-0.3, -0.25) is 9.59 Å². The molecule has 6 heteroatoms. The minimum atomic E-state index is -0.546. The van der Waals surface area contributed by atoms with Crippen LogP contribution in [-0.2, 0) is 14.3 Å². The van der Waals surface area contributed by atoms with Gasteiger partial charge in [0.2, 0.25) is 11.8 Å². The molecule has 2 atom stereocenters. The molecular weight excluding hydrogens is 222 g/mol. The van der Waals surface area contributed by atoms with Gasteiger partial charge in [0.05, 0.1) is 19.3 Å². The van der Waals surface area contributed by atoms with Gasteiger partial charge in [-0.2, -0.15) is 0 Å². The van der Waals surface area contributed by atoms with E-state index in [1.807, 2.05) is 6.92 Å². The summed E-state index contributed by atoms with van der Waals surface area (Å²) >= 11 is 0. The van der Waals surface area contributed by atoms with Crippen LogP contribution in [0.2, 0.25) is 0 Å². The van der Waals surface area contributed by atoms with Crippen molar-refractivity contribution in [3.8, 4) is 0 Å². The van der Waals surface area contributed by atoms with Crippen molar-refractivity contribution >= 4 is 11.8 Å². The van der Waals surface area contributed by atoms with Crippen LogP contribution in [0.15, 0.2) is 0 Å². The zero-order valence-corrected chi connectivity index (χ0v) is 10.4. The number of carbonyl (C=O) groups excluding carboxylic acids is 2. The average Bonchev–Trinajstić information content (AvgIpc) is 2.37. The zero-order valence-electron chi connectivity index (χ0n) is 10.4. The quantitative estimate of drug-likeness (QED) is 0.669. The highest BCUT2D eigenvalue weighted by molar-refractivity contribution is 5.89. The highest BCUT2D eigenvalue weighted by atomic mass is 16.5. The smallest absolute Gasteiger partial charge is 0.245 e. The first-order chi connectivity index (χ1) is 8.06. The third-order valence-corrected chi connectivity index (χ3v) is 2.83. The molecule has 2 amide bonds. The van der Waals surface area contributed by atoms with E-state index in [4.69, 9.17) is 10.5 Å². The lowest BCUT2D eigenvalue weighted by Gasteiger charge is -2.29. The van der Waals surface area contributed by atoms with E-state index in [0.29, 0.717) is 32.7 Å². The summed E-state index contributed by atoms with van der Waals surface area (Å²) in [7, 11) is 0. The molecule has 1 saturated heterocycles. The van der Waals surface area contributed by atoms with Gasteiger partial charge in [0.15, 0.2) is 0 Å². The fourth-order valence-electron chi connectivity index (χ4n) is 1.63. The van der Waals surface area contributed by atoms with E-state index in [-0.39, 0.29) is 11.8 Å². The Bertz CT molecular complexity index is 277. The predicted molar refractivity (Wildman–Crippen MR) is 63.3 cm³/mol. The summed E-state index contributed by atoms with van der Waals surface area (Å²) in [4.78, 5) is 25.2. The number of rotatable bonds is 4. The molecular formula is C11H21N3O3. The summed E-state index contributed by atoms with van der Waals surface area (Å²) in [5.41, 5.74) is 5.59. The zero-order chi connectivity index (χ0) is 12.8. The molecule has 1 heterocycles. The summed E-state index contributed by atoms with van der Waals surface area (Å²) < 4.78 is 5.17. The van der Waals surface area contributed by atoms with Crippen molar-refractivity contribution in [3.63, 3.8) is 0 Å². The normalized spacial score (nSPS) is 19.6. The lowest BCUT2D eigenvalue weighted by molar-refractivity contribution is -0.139. The number of hydrogen-bond acceptors (Lipinski definition) is 4. The molecule has 0 bridgehead atoms. The molecule has 1 rings (SSSR count). The lowest BCUT2D eigenvalue weighted by Crippen LogP contribution is -2.53. The second-order valence-electron chi connectivity index (χ2n) is 4.18. The van der Waals surface area contributed by atoms with Crippen molar-refractivity contribution in [2.75, 3.05) is 26.3 Å². The maximum atomic E-state index is 12.0. The van der Waals surface area contributed by atoms with Crippen molar-refractivity contribution in [2.24, 2.45) is 5.73 Å². The van der Waals surface area contributed by atoms with E-state index in [9.17, 15) is 9.59 Å². The molecule has 0 spiro atoms. The van der Waals surface area contributed by atoms with Crippen molar-refractivity contribution in [3.05, 3.63) is 0 Å². The second kappa shape index (κ2) is 6.56. The molecule has 1 fully saturated rings. The van der Waals surface area contributed by atoms with E-state index in [2.05, 4.69) is 5.32 Å². The fraction of sp³-hybridized carbons (Fsp3) is 0.818. The Labute approximate surface area is 101 Å². The number of hydrogen-bond donors (Lipinski definition) is 2. The van der Waals surface area contributed by atoms with Crippen LogP contribution in [0.5, 0.6) is 0 Å². The molecule has 3 N–H and O–H groups in total. The molecule has 1 aliphatic heterocycles. The maximum Gasteiger partial charge on any atom is 0.245 e. The Morgan fingerprint density at radius 2 is 2.00 bits per heavy atom. The minimum Gasteiger partial charge on any atom is -0.378 e. The maximum absolute atomic E-state index is 12.0. The molecule has 0 aromatic heterocycles. The summed E-state index contributed by atoms with van der Waals surface area (Å²) in [5, 5.41) is 2.63. The number of nitrogens with one attached hydrogen (secondary N) is 1. The summed E-state index contributed by atoms with van der Waals surface area (Å²) in [5.74, 6) is -0.355. The highest BCUT2D eigenvalue weighted by Crippen LogP contribution is 2.01. The average molecular weight is 243 g/mol. The molecule has 98 valence electrons. The van der Waals surface area contributed by atoms with Gasteiger partial charge in [-0.15, -0.1) is 0 Å². The highest BCUT2D eigenvalue weighted by Gasteiger charge is 2.24. The van der Waals surface area contributed by atoms with Gasteiger partial charge in [-0.05, 0) is 13.3 Å². The van der Waals surface area contributed by atoms with E-state index in [0.717, 1.165) is 0 Å². The molecule has 0 radical (unpaired) electrons. The van der Waals surface area contributed by atoms with Crippen LogP contribution in [0.3, 0.4) is 0 Å². The Hall–Kier alpha value is -1.14. The number of morpholine rings is 1. The van der Waals surface area contributed by atoms with Crippen molar-refractivity contribution in [1.82, 2.24) is 10.2 Å². The van der Waals surface area contributed by atoms with Gasteiger partial charge in [0.1, 0.15) is 6.04 Å². The first-order valence-electron chi connectivity index (χ1n) is 5.98. The minimum absolute atomic E-state index is 0.0787. The third kappa shape index (κ3) is 3.98. The van der Waals surface area contributed by atoms with Crippen LogP contribution in [0, 0.1) is 0 Å². The van der Waals surface area contributed by atoms with Gasteiger partial charge < -0.3 is 20.7 Å². The predicted octanol–water partition coefficient (Wildman–Crippen LogP) is -0.913. The van der Waals surface area contributed by atoms with Crippen LogP contribution in [0.1, 0.15) is 20.3 Å². The molecule has 17 heavy (non-hydrogen) atoms. The van der Waals surface area contributed by atoms with Crippen LogP contribution < -0.4 is 11.1 Å². The van der Waals surface area contributed by atoms with Crippen LogP contribution in [0.4, 0.5) is 0 Å². The molecule has 6 nitrogen and oxygen atoms in total. The van der Waals surface area contributed by atoms with Crippen molar-refractivity contribution in [1.29, 1.82) is 0 Å². The summed E-state index contributed by atoms with van der Waals surface area (Å²) in [6, 6.07) is -1.08. The standard InChI is InChI=1S/C11H21N3O3/c1-3-9(12)10(15)13-8(2)11(16)14-4-6-17-7-5-14/h8-9H,3-7,12H2,1-2H3,(H,13,15)/t8?,9-/m1/s1. The summed E-state index contributed by atoms with van der Waals surface area (Å²) in [6.45, 7) is 5.79. The Morgan fingerprint density at radius 1 is 1.41 bits per heavy atom. The van der Waals surface area contributed by atoms with Gasteiger partial charge in [0, 0.05) is 13.1 Å². The first kappa shape index (κ1) is 13.9. The molecule has 0 aromatic rings. The van der Waals surface area contributed by atoms with Crippen LogP contribution in [-0.4, -0.2) is 55.1 Å². The fourth-order valence-corrected chi connectivity index (χ4v) is 1.63. The Balaban J connectivity index is 2.43. The van der Waals surface area contributed by atoms with Crippen molar-refractivity contribution in [2.45, 2.75) is 32.4 Å². The van der Waals surface area contributed by atoms with E-state index in [1.54, 1.807) is 11.8 Å². The Morgan fingerprint density at radius 3 is 2.53 bits per heavy atom. The first-order valence-corrected chi connectivity index (χ1v) is 5.98. The van der Waals surface area contributed by atoms with Crippen LogP contribution >= 0.6 is 0 Å². The second-order valence-corrected chi connectivity index (χ2v) is 4.18. The SMILES string of the molecule is CC[C@@H](N)C(=O)NC(C)C(=O)N1CCOCC1. The van der Waals surface area contributed by atoms with Gasteiger partial charge in [0.25, 0.3) is 0 Å². The van der Waals surface area contributed by atoms with E-state index >= 15 is 0 Å². The largest absolute Gasteiger partial charge is 0.378 e. The monoisotopic (exact) mass is 243 g/mol. The number of carbonyl (C=O) groups is 2. The van der Waals surface area contributed by atoms with Crippen molar-refractivity contribution < 1.29 is 14.3 Å². The van der Waals surface area contributed by atoms with E-state index in [1.165, 1.54) is 0 Å². The molecule has 1 unspecified atom stereocenters.